The third-order valence-corrected chi connectivity index (χ3v) is 21.7. The molecule has 0 fully saturated rings. The van der Waals surface area contributed by atoms with Crippen LogP contribution in [0.4, 0.5) is 0 Å². The van der Waals surface area contributed by atoms with Gasteiger partial charge in [0.15, 0.2) is 0 Å². The second-order valence-corrected chi connectivity index (χ2v) is 46.8. The number of carbonyl (C=O) groups excluding carboxylic acids is 8. The van der Waals surface area contributed by atoms with Crippen molar-refractivity contribution in [2.75, 3.05) is 132 Å². The lowest BCUT2D eigenvalue weighted by atomic mass is 10.2. The van der Waals surface area contributed by atoms with Gasteiger partial charge in [-0.2, -0.15) is 0 Å². The zero-order chi connectivity index (χ0) is 104. The summed E-state index contributed by atoms with van der Waals surface area (Å²) in [5.74, 6) is -4.16. The van der Waals surface area contributed by atoms with Gasteiger partial charge < -0.3 is 98.0 Å². The molecule has 43 nitrogen and oxygen atoms in total. The van der Waals surface area contributed by atoms with Crippen molar-refractivity contribution in [2.24, 2.45) is 40.9 Å². The minimum Gasteiger partial charge on any atom is -0.466 e. The third-order valence-electron chi connectivity index (χ3n) is 14.4. The number of unbranched alkanes of at least 4 members (excludes halogenated alkanes) is 2. The zero-order valence-corrected chi connectivity index (χ0v) is 88.6. The van der Waals surface area contributed by atoms with Crippen molar-refractivity contribution in [3.8, 4) is 0 Å². The number of aromatic nitrogens is 2. The van der Waals surface area contributed by atoms with Crippen LogP contribution in [0, 0.1) is 23.7 Å². The highest BCUT2D eigenvalue weighted by Crippen LogP contribution is 2.49. The van der Waals surface area contributed by atoms with Gasteiger partial charge in [-0.05, 0) is 110 Å². The van der Waals surface area contributed by atoms with Crippen LogP contribution in [0.3, 0.4) is 0 Å². The molecule has 1 heterocycles. The topological polar surface area (TPSA) is 652 Å². The molecule has 17 N–H and O–H groups in total. The van der Waals surface area contributed by atoms with Crippen LogP contribution in [-0.4, -0.2) is 243 Å². The Balaban J connectivity index is -0.000000265. The molecule has 0 radical (unpaired) electrons. The summed E-state index contributed by atoms with van der Waals surface area (Å²) < 4.78 is 142. The van der Waals surface area contributed by atoms with E-state index in [2.05, 4.69) is 44.6 Å². The monoisotopic (exact) mass is 2060 g/mol. The molecule has 15 unspecified atom stereocenters. The van der Waals surface area contributed by atoms with Crippen molar-refractivity contribution in [1.82, 2.24) is 34.8 Å². The van der Waals surface area contributed by atoms with Crippen LogP contribution in [0.25, 0.3) is 0 Å². The van der Waals surface area contributed by atoms with Crippen molar-refractivity contribution in [3.05, 3.63) is 126 Å². The lowest BCUT2D eigenvalue weighted by Crippen LogP contribution is -2.38. The van der Waals surface area contributed by atoms with E-state index in [0.717, 1.165) is 55.7 Å². The van der Waals surface area contributed by atoms with Crippen molar-refractivity contribution >= 4 is 118 Å². The fourth-order valence-corrected chi connectivity index (χ4v) is 13.1. The number of carbonyl (C=O) groups is 8. The Morgan fingerprint density at radius 1 is 0.409 bits per heavy atom. The number of benzene rings is 3. The van der Waals surface area contributed by atoms with E-state index in [1.165, 1.54) is 70.0 Å². The van der Waals surface area contributed by atoms with E-state index < -0.39 is 107 Å². The predicted molar refractivity (Wildman–Crippen MR) is 512 cm³/mol. The number of esters is 8. The van der Waals surface area contributed by atoms with E-state index in [1.807, 2.05) is 105 Å². The summed E-state index contributed by atoms with van der Waals surface area (Å²) in [6, 6.07) is 25.9. The van der Waals surface area contributed by atoms with Crippen LogP contribution in [0.15, 0.2) is 110 Å². The van der Waals surface area contributed by atoms with Gasteiger partial charge in [0.25, 0.3) is 36.8 Å². The van der Waals surface area contributed by atoms with Gasteiger partial charge in [0.1, 0.15) is 30.5 Å². The average molecular weight is 2070 g/mol. The first-order valence-corrected chi connectivity index (χ1v) is 59.4. The maximum Gasteiger partial charge on any atom is 0.325 e. The number of ether oxygens (including phenoxy) is 8. The maximum absolute atomic E-state index is 12.4. The fraction of sp³-hybridized carbons (Fsp3) is 0.637. The standard InChI is InChI=1S/C14H29N2O5P.C14H22NO4P.C8H10ClO2P.C8H11O3P.C7H16NO4P.C7H15NO2.C6H14NO4P.C6H13NO2.C5H11NO2.C4H7N2O2P.CH5O3P/c1-6-8-9-21-14(18)12(4)16-22(5,19)15-10-11(3)13(17)20-7-2;1-4-18-14(16)12(2)10-15-20(3,17)19-11-13-8-6-5-7-9-13;2*1-12(9,10)11-7-8-5-3-2-4-6-8;1-4-12-7(9)6(2)5-8-13(3,10)11;1-3-4-5-10-7(9)6(2)8;1-4-11-6(8)5(2)7-12(3,9)10;1-3-9-6(8)5(2)4-7;1-3-8-5(7)4(2)6;1-9(7,8)6-3-2-5-4-6;1-5(2,3)4/h11-12H,6-10H2,1-5H3,(H2,15,16,19);5-9,12H,4,10-11H2,1-3H3,(H,15,17);2-6H,7H2,1H3;2-6H,7H2,1H3,(H,9,10);6H,4-5H2,1-3H3,(H2,8,10,11);6H,3-5,8H2,1-2H3;5H,4H2,1-3H3,(H2,7,9,10);5H,3-4,7H2,1-2H3;4H,3,6H2,1-2H3;2-4H,1H3,(H,7,8);1H3,(H2,2,3,4). The van der Waals surface area contributed by atoms with Crippen LogP contribution in [-0.2, 0) is 146 Å². The van der Waals surface area contributed by atoms with Gasteiger partial charge in [0.05, 0.1) is 96.3 Å². The Bertz CT molecular complexity index is 4060. The number of nitrogens with zero attached hydrogens (tertiary/aromatic N) is 2. The van der Waals surface area contributed by atoms with Crippen LogP contribution < -0.4 is 42.6 Å². The summed E-state index contributed by atoms with van der Waals surface area (Å²) in [6.45, 7) is 39.4. The molecule has 132 heavy (non-hydrogen) atoms. The van der Waals surface area contributed by atoms with Gasteiger partial charge in [-0.15, -0.1) is 0 Å². The highest BCUT2D eigenvalue weighted by Gasteiger charge is 2.27. The molecule has 0 bridgehead atoms. The Morgan fingerprint density at radius 2 is 0.712 bits per heavy atom. The second-order valence-electron chi connectivity index (χ2n) is 28.7. The molecule has 4 aromatic rings. The second kappa shape index (κ2) is 79.0. The van der Waals surface area contributed by atoms with Crippen molar-refractivity contribution in [1.29, 1.82) is 0 Å². The highest BCUT2D eigenvalue weighted by molar-refractivity contribution is 7.84. The molecule has 0 spiro atoms. The number of hydrogen-bond donors (Lipinski definition) is 14. The highest BCUT2D eigenvalue weighted by atomic mass is 35.7. The fourth-order valence-electron chi connectivity index (χ4n) is 7.54. The largest absolute Gasteiger partial charge is 0.466 e. The maximum atomic E-state index is 12.4. The Labute approximate surface area is 784 Å². The lowest BCUT2D eigenvalue weighted by Gasteiger charge is -2.21. The lowest BCUT2D eigenvalue weighted by molar-refractivity contribution is -0.148. The number of hydrogen-bond acceptors (Lipinski definition) is 31. The molecule has 0 saturated heterocycles. The zero-order valence-electron chi connectivity index (χ0n) is 80.7. The van der Waals surface area contributed by atoms with E-state index in [1.54, 1.807) is 90.0 Å². The van der Waals surface area contributed by atoms with Gasteiger partial charge in [-0.1, -0.05) is 145 Å². The number of nitrogens with one attached hydrogen (secondary N) is 5. The molecular formula is C80H153ClN10O33P8. The summed E-state index contributed by atoms with van der Waals surface area (Å²) in [7, 11) is -22.6. The van der Waals surface area contributed by atoms with Gasteiger partial charge >= 0.3 is 62.9 Å². The summed E-state index contributed by atoms with van der Waals surface area (Å²) in [4.78, 5) is 143. The molecular weight excluding hydrogens is 1910 g/mol. The molecule has 52 heteroatoms. The van der Waals surface area contributed by atoms with Gasteiger partial charge in [0, 0.05) is 91.9 Å². The minimum absolute atomic E-state index is 0.156. The summed E-state index contributed by atoms with van der Waals surface area (Å²) >= 11 is 5.42. The van der Waals surface area contributed by atoms with Crippen molar-refractivity contribution < 1.29 is 156 Å². The molecule has 3 aromatic carbocycles. The SMILES string of the molecule is CCCCOC(=O)C(C)N.CCCCOC(=O)C(C)NP(C)(=O)NCC(C)C(=O)OCC.CCOC(=O)C(C)CN.CCOC(=O)C(C)CNP(C)(=O)O.CCOC(=O)C(C)CNP(C)(=O)OCc1ccccc1.CCOC(=O)C(C)N.CCOC(=O)C(C)NP(C)(=O)O.CP(=O)(Cl)OCc1ccccc1.CP(=O)(O)O.CP(=O)(O)OCc1ccccc1.CP(=O)(O)n1ccnc1. The van der Waals surface area contributed by atoms with Crippen molar-refractivity contribution in [2.45, 2.75) is 180 Å². The van der Waals surface area contributed by atoms with E-state index in [9.17, 15) is 74.9 Å². The molecule has 15 atom stereocenters. The number of imidazole rings is 1. The molecule has 0 aliphatic heterocycles. The van der Waals surface area contributed by atoms with Gasteiger partial charge in [0.2, 0.25) is 7.44 Å². The van der Waals surface area contributed by atoms with Crippen molar-refractivity contribution in [3.63, 3.8) is 0 Å². The van der Waals surface area contributed by atoms with Crippen LogP contribution in [0.1, 0.15) is 153 Å². The number of rotatable bonds is 44. The quantitative estimate of drug-likeness (QED) is 0.00846. The average Bonchev–Trinajstić information content (AvgIpc) is 1.50. The molecule has 4 rings (SSSR count). The summed E-state index contributed by atoms with van der Waals surface area (Å²) in [6.07, 6.45) is 7.94. The molecule has 0 amide bonds. The Morgan fingerprint density at radius 3 is 1.00 bits per heavy atom. The number of nitrogens with two attached hydrogens (primary N) is 3. The van der Waals surface area contributed by atoms with E-state index in [-0.39, 0.29) is 87.1 Å². The molecule has 0 aliphatic carbocycles. The first-order valence-electron chi connectivity index (χ1n) is 41.8. The summed E-state index contributed by atoms with van der Waals surface area (Å²) in [5.41, 5.74) is 18.4. The smallest absolute Gasteiger partial charge is 0.325 e. The van der Waals surface area contributed by atoms with E-state index >= 15 is 0 Å². The third kappa shape index (κ3) is 97.2. The number of halogens is 1. The summed E-state index contributed by atoms with van der Waals surface area (Å²) in [5, 5.41) is 12.9. The molecule has 0 saturated carbocycles. The van der Waals surface area contributed by atoms with E-state index in [0.29, 0.717) is 59.4 Å². The van der Waals surface area contributed by atoms with Crippen LogP contribution in [0.2, 0.25) is 0 Å². The Hall–Kier alpha value is -5.92. The normalized spacial score (nSPS) is 15.5. The van der Waals surface area contributed by atoms with Gasteiger partial charge in [-0.25, -0.2) is 25.3 Å². The predicted octanol–water partition coefficient (Wildman–Crippen LogP) is 12.0. The van der Waals surface area contributed by atoms with Crippen LogP contribution >= 0.6 is 70.7 Å². The molecule has 0 aliphatic rings. The molecule has 1 aromatic heterocycles. The van der Waals surface area contributed by atoms with E-state index in [4.69, 9.17) is 95.1 Å². The minimum atomic E-state index is -3.64. The first-order chi connectivity index (χ1) is 60.7. The Kier molecular flexibility index (Phi) is 83.3. The first kappa shape index (κ1) is 139. The van der Waals surface area contributed by atoms with Crippen LogP contribution in [0.5, 0.6) is 0 Å². The van der Waals surface area contributed by atoms with Gasteiger partial charge in [-0.3, -0.25) is 84.3 Å². The molecule has 768 valence electrons.